The molecular weight excluding hydrogens is 354 g/mol. The molecule has 0 atom stereocenters. The molecule has 1 aliphatic rings. The molecule has 0 amide bonds. The summed E-state index contributed by atoms with van der Waals surface area (Å²) in [6.07, 6.45) is 6.83. The maximum atomic E-state index is 12.5. The summed E-state index contributed by atoms with van der Waals surface area (Å²) in [6, 6.07) is 14.5. The summed E-state index contributed by atoms with van der Waals surface area (Å²) < 4.78 is 0. The first kappa shape index (κ1) is 19.1. The molecule has 1 heterocycles. The van der Waals surface area contributed by atoms with E-state index in [1.165, 1.54) is 12.2 Å². The number of anilines is 1. The van der Waals surface area contributed by atoms with Gasteiger partial charge < -0.3 is 15.7 Å². The number of carbonyl (C=O) groups is 2. The molecule has 3 N–H and O–H groups in total. The minimum atomic E-state index is -1.00. The van der Waals surface area contributed by atoms with E-state index in [2.05, 4.69) is 15.6 Å². The molecule has 0 spiro atoms. The predicted octanol–water partition coefficient (Wildman–Crippen LogP) is 3.44. The van der Waals surface area contributed by atoms with Crippen molar-refractivity contribution >= 4 is 35.6 Å². The van der Waals surface area contributed by atoms with E-state index in [4.69, 9.17) is 5.11 Å². The van der Waals surface area contributed by atoms with Crippen molar-refractivity contribution in [2.75, 3.05) is 18.4 Å². The smallest absolute Gasteiger partial charge is 0.328 e. The zero-order valence-electron chi connectivity index (χ0n) is 15.3. The minimum absolute atomic E-state index is 0.117. The van der Waals surface area contributed by atoms with Crippen molar-refractivity contribution in [1.82, 2.24) is 5.32 Å². The van der Waals surface area contributed by atoms with Crippen molar-refractivity contribution < 1.29 is 14.7 Å². The molecule has 6 nitrogen and oxygen atoms in total. The molecule has 0 radical (unpaired) electrons. The van der Waals surface area contributed by atoms with Gasteiger partial charge in [-0.05, 0) is 47.9 Å². The highest BCUT2D eigenvalue weighted by molar-refractivity contribution is 6.07. The summed E-state index contributed by atoms with van der Waals surface area (Å²) in [5.74, 6) is -0.398. The van der Waals surface area contributed by atoms with Crippen LogP contribution in [-0.2, 0) is 4.79 Å². The van der Waals surface area contributed by atoms with Crippen molar-refractivity contribution in [3.05, 3.63) is 77.4 Å². The number of allylic oxidation sites excluding steroid dienone is 1. The van der Waals surface area contributed by atoms with E-state index in [1.807, 2.05) is 30.3 Å². The van der Waals surface area contributed by atoms with Crippen molar-refractivity contribution in [2.45, 2.75) is 6.42 Å². The lowest BCUT2D eigenvalue weighted by molar-refractivity contribution is -0.131. The monoisotopic (exact) mass is 375 g/mol. The quantitative estimate of drug-likeness (QED) is 0.531. The zero-order valence-corrected chi connectivity index (χ0v) is 15.3. The fourth-order valence-electron chi connectivity index (χ4n) is 2.71. The third-order valence-electron chi connectivity index (χ3n) is 4.06. The third kappa shape index (κ3) is 5.67. The van der Waals surface area contributed by atoms with Crippen molar-refractivity contribution in [2.24, 2.45) is 4.99 Å². The van der Waals surface area contributed by atoms with Gasteiger partial charge in [0, 0.05) is 30.4 Å². The molecule has 0 saturated carbocycles. The van der Waals surface area contributed by atoms with Crippen LogP contribution in [-0.4, -0.2) is 35.9 Å². The fraction of sp³-hybridized carbons (Fsp3) is 0.136. The number of hydrogen-bond donors (Lipinski definition) is 3. The molecular formula is C22H21N3O3. The van der Waals surface area contributed by atoms with E-state index < -0.39 is 5.97 Å². The predicted molar refractivity (Wildman–Crippen MR) is 111 cm³/mol. The van der Waals surface area contributed by atoms with Crippen LogP contribution < -0.4 is 10.6 Å². The summed E-state index contributed by atoms with van der Waals surface area (Å²) in [4.78, 5) is 27.5. The van der Waals surface area contributed by atoms with Crippen LogP contribution in [0.5, 0.6) is 0 Å². The van der Waals surface area contributed by atoms with Crippen molar-refractivity contribution in [1.29, 1.82) is 0 Å². The SMILES string of the molecule is O=C(O)C=Cc1cccc(C=CC(=O)c2cccc(NC3=NCCCN3)c2)c1. The second-order valence-electron chi connectivity index (χ2n) is 6.26. The summed E-state index contributed by atoms with van der Waals surface area (Å²) >= 11 is 0. The average molecular weight is 375 g/mol. The number of nitrogens with zero attached hydrogens (tertiary/aromatic N) is 1. The van der Waals surface area contributed by atoms with Crippen LogP contribution in [0, 0.1) is 0 Å². The molecule has 28 heavy (non-hydrogen) atoms. The van der Waals surface area contributed by atoms with Crippen LogP contribution in [0.3, 0.4) is 0 Å². The molecule has 2 aromatic carbocycles. The number of carboxylic acid groups (broad SMARTS) is 1. The molecule has 2 aromatic rings. The lowest BCUT2D eigenvalue weighted by atomic mass is 10.1. The highest BCUT2D eigenvalue weighted by atomic mass is 16.4. The first-order valence-corrected chi connectivity index (χ1v) is 8.99. The molecule has 1 aliphatic heterocycles. The number of benzene rings is 2. The first-order valence-electron chi connectivity index (χ1n) is 8.99. The maximum absolute atomic E-state index is 12.5. The maximum Gasteiger partial charge on any atom is 0.328 e. The molecule has 0 saturated heterocycles. The van der Waals surface area contributed by atoms with Crippen LogP contribution in [0.15, 0.2) is 65.7 Å². The second kappa shape index (κ2) is 9.32. The van der Waals surface area contributed by atoms with Crippen LogP contribution in [0.1, 0.15) is 27.9 Å². The van der Waals surface area contributed by atoms with Gasteiger partial charge in [0.05, 0.1) is 0 Å². The van der Waals surface area contributed by atoms with Gasteiger partial charge in [0.1, 0.15) is 0 Å². The van der Waals surface area contributed by atoms with Gasteiger partial charge in [-0.25, -0.2) is 4.79 Å². The van der Waals surface area contributed by atoms with Crippen molar-refractivity contribution in [3.63, 3.8) is 0 Å². The Morgan fingerprint density at radius 3 is 2.50 bits per heavy atom. The Balaban J connectivity index is 1.69. The Kier molecular flexibility index (Phi) is 6.36. The van der Waals surface area contributed by atoms with Crippen LogP contribution in [0.25, 0.3) is 12.2 Å². The van der Waals surface area contributed by atoms with Gasteiger partial charge in [-0.1, -0.05) is 36.4 Å². The molecule has 0 fully saturated rings. The van der Waals surface area contributed by atoms with Gasteiger partial charge in [0.15, 0.2) is 11.7 Å². The van der Waals surface area contributed by atoms with E-state index in [1.54, 1.807) is 24.3 Å². The number of rotatable bonds is 6. The van der Waals surface area contributed by atoms with E-state index in [-0.39, 0.29) is 5.78 Å². The molecule has 6 heteroatoms. The van der Waals surface area contributed by atoms with Gasteiger partial charge >= 0.3 is 5.97 Å². The van der Waals surface area contributed by atoms with Gasteiger partial charge in [0.2, 0.25) is 0 Å². The Hall–Kier alpha value is -3.67. The summed E-state index contributed by atoms with van der Waals surface area (Å²) in [5, 5.41) is 15.1. The summed E-state index contributed by atoms with van der Waals surface area (Å²) in [5.41, 5.74) is 2.94. The van der Waals surface area contributed by atoms with Crippen molar-refractivity contribution in [3.8, 4) is 0 Å². The number of aliphatic carboxylic acids is 1. The molecule has 0 aromatic heterocycles. The Bertz CT molecular complexity index is 961. The second-order valence-corrected chi connectivity index (χ2v) is 6.26. The Morgan fingerprint density at radius 1 is 1.04 bits per heavy atom. The van der Waals surface area contributed by atoms with E-state index >= 15 is 0 Å². The highest BCUT2D eigenvalue weighted by Crippen LogP contribution is 2.14. The number of carboxylic acids is 1. The molecule has 0 aliphatic carbocycles. The van der Waals surface area contributed by atoms with Gasteiger partial charge in [-0.3, -0.25) is 9.79 Å². The Morgan fingerprint density at radius 2 is 1.79 bits per heavy atom. The van der Waals surface area contributed by atoms with E-state index in [0.717, 1.165) is 48.4 Å². The molecule has 3 rings (SSSR count). The average Bonchev–Trinajstić information content (AvgIpc) is 2.72. The fourth-order valence-corrected chi connectivity index (χ4v) is 2.71. The van der Waals surface area contributed by atoms with Gasteiger partial charge in [-0.15, -0.1) is 0 Å². The van der Waals surface area contributed by atoms with Crippen LogP contribution >= 0.6 is 0 Å². The number of aliphatic imine (C=N–C) groups is 1. The Labute approximate surface area is 163 Å². The highest BCUT2D eigenvalue weighted by Gasteiger charge is 2.07. The van der Waals surface area contributed by atoms with Crippen LogP contribution in [0.2, 0.25) is 0 Å². The number of hydrogen-bond acceptors (Lipinski definition) is 5. The van der Waals surface area contributed by atoms with E-state index in [0.29, 0.717) is 5.56 Å². The minimum Gasteiger partial charge on any atom is -0.478 e. The molecule has 0 bridgehead atoms. The molecule has 142 valence electrons. The number of nitrogens with one attached hydrogen (secondary N) is 2. The number of ketones is 1. The standard InChI is InChI=1S/C22H21N3O3/c26-20(10-8-16-4-1-5-17(14-16)9-11-21(27)28)18-6-2-7-19(15-18)25-22-23-12-3-13-24-22/h1-2,4-11,14-15H,3,12-13H2,(H,27,28)(H2,23,24,25). The largest absolute Gasteiger partial charge is 0.478 e. The number of guanidine groups is 1. The third-order valence-corrected chi connectivity index (χ3v) is 4.06. The first-order chi connectivity index (χ1) is 13.6. The summed E-state index contributed by atoms with van der Waals surface area (Å²) in [6.45, 7) is 1.67. The van der Waals surface area contributed by atoms with Crippen LogP contribution in [0.4, 0.5) is 5.69 Å². The molecule has 0 unspecified atom stereocenters. The topological polar surface area (TPSA) is 90.8 Å². The lowest BCUT2D eigenvalue weighted by Crippen LogP contribution is -2.35. The lowest BCUT2D eigenvalue weighted by Gasteiger charge is -2.16. The van der Waals surface area contributed by atoms with Gasteiger partial charge in [0.25, 0.3) is 0 Å². The van der Waals surface area contributed by atoms with Gasteiger partial charge in [-0.2, -0.15) is 0 Å². The number of carbonyl (C=O) groups excluding carboxylic acids is 1. The zero-order chi connectivity index (χ0) is 19.8. The van der Waals surface area contributed by atoms with E-state index in [9.17, 15) is 9.59 Å². The summed E-state index contributed by atoms with van der Waals surface area (Å²) in [7, 11) is 0. The normalized spacial score (nSPS) is 13.9.